The van der Waals surface area contributed by atoms with Gasteiger partial charge in [0.15, 0.2) is 0 Å². The molecule has 1 aliphatic rings. The maximum absolute atomic E-state index is 10.8. The minimum absolute atomic E-state index is 0.0256. The molecule has 4 rings (SSSR count). The van der Waals surface area contributed by atoms with Crippen LogP contribution in [0.15, 0.2) is 55.0 Å². The number of rotatable bonds is 3. The molecule has 1 saturated heterocycles. The zero-order valence-corrected chi connectivity index (χ0v) is 12.9. The number of aromatic hydroxyl groups is 1. The minimum Gasteiger partial charge on any atom is -0.505 e. The van der Waals surface area contributed by atoms with E-state index in [4.69, 9.17) is 0 Å². The van der Waals surface area contributed by atoms with Crippen LogP contribution in [0.25, 0.3) is 10.9 Å². The standard InChI is InChI=1S/C19H19N3O/c23-19-16(8-7-14-5-4-10-21-17(14)19)18(22-11-1-2-12-22)15-6-3-9-20-13-15/h3-10,13,18,23H,1-2,11-12H2/t18-/m1/s1. The van der Waals surface area contributed by atoms with Gasteiger partial charge in [0.25, 0.3) is 0 Å². The summed E-state index contributed by atoms with van der Waals surface area (Å²) < 4.78 is 0. The molecule has 23 heavy (non-hydrogen) atoms. The largest absolute Gasteiger partial charge is 0.505 e. The first kappa shape index (κ1) is 14.2. The quantitative estimate of drug-likeness (QED) is 0.804. The van der Waals surface area contributed by atoms with Gasteiger partial charge in [-0.25, -0.2) is 0 Å². The molecule has 1 N–H and O–H groups in total. The van der Waals surface area contributed by atoms with E-state index in [1.165, 1.54) is 12.8 Å². The average molecular weight is 305 g/mol. The number of phenolic OH excluding ortho intramolecular Hbond substituents is 1. The predicted molar refractivity (Wildman–Crippen MR) is 90.3 cm³/mol. The normalized spacial score (nSPS) is 16.7. The summed E-state index contributed by atoms with van der Waals surface area (Å²) in [5, 5.41) is 11.8. The van der Waals surface area contributed by atoms with E-state index in [1.54, 1.807) is 12.4 Å². The maximum atomic E-state index is 10.8. The fourth-order valence-corrected chi connectivity index (χ4v) is 3.49. The molecule has 1 fully saturated rings. The number of pyridine rings is 2. The third kappa shape index (κ3) is 2.55. The lowest BCUT2D eigenvalue weighted by atomic mass is 9.96. The highest BCUT2D eigenvalue weighted by molar-refractivity contribution is 5.85. The van der Waals surface area contributed by atoms with Gasteiger partial charge >= 0.3 is 0 Å². The lowest BCUT2D eigenvalue weighted by molar-refractivity contribution is 0.275. The highest BCUT2D eigenvalue weighted by Crippen LogP contribution is 2.38. The number of hydrogen-bond donors (Lipinski definition) is 1. The van der Waals surface area contributed by atoms with Crippen LogP contribution in [-0.4, -0.2) is 33.1 Å². The summed E-state index contributed by atoms with van der Waals surface area (Å²) >= 11 is 0. The molecule has 3 heterocycles. The second-order valence-electron chi connectivity index (χ2n) is 6.01. The van der Waals surface area contributed by atoms with E-state index in [9.17, 15) is 5.11 Å². The van der Waals surface area contributed by atoms with Gasteiger partial charge in [0, 0.05) is 29.5 Å². The minimum atomic E-state index is 0.0256. The first-order valence-corrected chi connectivity index (χ1v) is 8.05. The van der Waals surface area contributed by atoms with Gasteiger partial charge in [0.2, 0.25) is 0 Å². The summed E-state index contributed by atoms with van der Waals surface area (Å²) in [6.07, 6.45) is 7.80. The topological polar surface area (TPSA) is 49.3 Å². The number of fused-ring (bicyclic) bond motifs is 1. The van der Waals surface area contributed by atoms with Crippen LogP contribution in [0.5, 0.6) is 5.75 Å². The van der Waals surface area contributed by atoms with Crippen molar-refractivity contribution >= 4 is 10.9 Å². The van der Waals surface area contributed by atoms with E-state index >= 15 is 0 Å². The summed E-state index contributed by atoms with van der Waals surface area (Å²) in [7, 11) is 0. The first-order chi connectivity index (χ1) is 11.3. The van der Waals surface area contributed by atoms with Crippen molar-refractivity contribution in [1.29, 1.82) is 0 Å². The summed E-state index contributed by atoms with van der Waals surface area (Å²) in [5.74, 6) is 0.281. The molecular weight excluding hydrogens is 286 g/mol. The van der Waals surface area contributed by atoms with E-state index in [2.05, 4.69) is 20.9 Å². The van der Waals surface area contributed by atoms with Crippen LogP contribution in [0.2, 0.25) is 0 Å². The molecule has 3 aromatic rings. The molecular formula is C19H19N3O. The second-order valence-corrected chi connectivity index (χ2v) is 6.01. The Morgan fingerprint density at radius 3 is 2.61 bits per heavy atom. The molecule has 0 aliphatic carbocycles. The number of likely N-dealkylation sites (tertiary alicyclic amines) is 1. The molecule has 2 aromatic heterocycles. The van der Waals surface area contributed by atoms with Crippen molar-refractivity contribution in [2.24, 2.45) is 0 Å². The van der Waals surface area contributed by atoms with Gasteiger partial charge in [0.1, 0.15) is 11.3 Å². The molecule has 4 heteroatoms. The van der Waals surface area contributed by atoms with Crippen LogP contribution in [-0.2, 0) is 0 Å². The Morgan fingerprint density at radius 1 is 1.00 bits per heavy atom. The molecule has 0 unspecified atom stereocenters. The van der Waals surface area contributed by atoms with Gasteiger partial charge in [-0.1, -0.05) is 24.3 Å². The van der Waals surface area contributed by atoms with Crippen molar-refractivity contribution < 1.29 is 5.11 Å². The van der Waals surface area contributed by atoms with Gasteiger partial charge < -0.3 is 5.11 Å². The van der Waals surface area contributed by atoms with E-state index in [0.29, 0.717) is 5.52 Å². The van der Waals surface area contributed by atoms with Crippen LogP contribution >= 0.6 is 0 Å². The van der Waals surface area contributed by atoms with Crippen LogP contribution in [0.4, 0.5) is 0 Å². The Labute approximate surface area is 135 Å². The van der Waals surface area contributed by atoms with Gasteiger partial charge in [-0.2, -0.15) is 0 Å². The van der Waals surface area contributed by atoms with E-state index in [1.807, 2.05) is 36.5 Å². The first-order valence-electron chi connectivity index (χ1n) is 8.05. The smallest absolute Gasteiger partial charge is 0.146 e. The fraction of sp³-hybridized carbons (Fsp3) is 0.263. The van der Waals surface area contributed by atoms with Crippen molar-refractivity contribution in [1.82, 2.24) is 14.9 Å². The Balaban J connectivity index is 1.88. The van der Waals surface area contributed by atoms with Gasteiger partial charge in [0.05, 0.1) is 6.04 Å². The third-order valence-corrected chi connectivity index (χ3v) is 4.58. The van der Waals surface area contributed by atoms with Crippen LogP contribution in [0.1, 0.15) is 30.0 Å². The highest BCUT2D eigenvalue weighted by Gasteiger charge is 2.28. The van der Waals surface area contributed by atoms with E-state index < -0.39 is 0 Å². The number of phenols is 1. The summed E-state index contributed by atoms with van der Waals surface area (Å²) in [6.45, 7) is 2.08. The number of aromatic nitrogens is 2. The zero-order valence-electron chi connectivity index (χ0n) is 12.9. The Bertz CT molecular complexity index is 813. The third-order valence-electron chi connectivity index (χ3n) is 4.58. The van der Waals surface area contributed by atoms with Crippen LogP contribution in [0.3, 0.4) is 0 Å². The average Bonchev–Trinajstić information content (AvgIpc) is 3.13. The zero-order chi connectivity index (χ0) is 15.6. The van der Waals surface area contributed by atoms with Crippen LogP contribution in [0, 0.1) is 0 Å². The predicted octanol–water partition coefficient (Wildman–Crippen LogP) is 3.52. The molecule has 1 aliphatic heterocycles. The molecule has 0 bridgehead atoms. The van der Waals surface area contributed by atoms with Crippen molar-refractivity contribution in [3.8, 4) is 5.75 Å². The summed E-state index contributed by atoms with van der Waals surface area (Å²) in [4.78, 5) is 11.0. The van der Waals surface area contributed by atoms with Crippen molar-refractivity contribution in [2.75, 3.05) is 13.1 Å². The monoisotopic (exact) mass is 305 g/mol. The van der Waals surface area contributed by atoms with Crippen LogP contribution < -0.4 is 0 Å². The number of nitrogens with zero attached hydrogens (tertiary/aromatic N) is 3. The molecule has 116 valence electrons. The van der Waals surface area contributed by atoms with Gasteiger partial charge in [-0.15, -0.1) is 0 Å². The molecule has 1 aromatic carbocycles. The Morgan fingerprint density at radius 2 is 1.83 bits per heavy atom. The van der Waals surface area contributed by atoms with E-state index in [0.717, 1.165) is 29.6 Å². The fourth-order valence-electron chi connectivity index (χ4n) is 3.49. The van der Waals surface area contributed by atoms with Crippen molar-refractivity contribution in [3.63, 3.8) is 0 Å². The molecule has 4 nitrogen and oxygen atoms in total. The molecule has 0 radical (unpaired) electrons. The lowest BCUT2D eigenvalue weighted by Gasteiger charge is -2.29. The van der Waals surface area contributed by atoms with E-state index in [-0.39, 0.29) is 11.8 Å². The summed E-state index contributed by atoms with van der Waals surface area (Å²) in [5.41, 5.74) is 2.68. The number of benzene rings is 1. The Hall–Kier alpha value is -2.46. The Kier molecular flexibility index (Phi) is 3.67. The molecule has 0 amide bonds. The molecule has 1 atom stereocenters. The van der Waals surface area contributed by atoms with Gasteiger partial charge in [-0.3, -0.25) is 14.9 Å². The SMILES string of the molecule is Oc1c([C@@H](c2cccnc2)N2CCCC2)ccc2cccnc12. The van der Waals surface area contributed by atoms with Crippen molar-refractivity contribution in [3.05, 3.63) is 66.1 Å². The maximum Gasteiger partial charge on any atom is 0.146 e. The number of hydrogen-bond acceptors (Lipinski definition) is 4. The van der Waals surface area contributed by atoms with Crippen molar-refractivity contribution in [2.45, 2.75) is 18.9 Å². The van der Waals surface area contributed by atoms with Gasteiger partial charge in [-0.05, 0) is 43.6 Å². The second kappa shape index (κ2) is 5.97. The molecule has 0 spiro atoms. The highest BCUT2D eigenvalue weighted by atomic mass is 16.3. The summed E-state index contributed by atoms with van der Waals surface area (Å²) in [6, 6.07) is 12.0. The molecule has 0 saturated carbocycles. The lowest BCUT2D eigenvalue weighted by Crippen LogP contribution is -2.26.